The van der Waals surface area contributed by atoms with Crippen LogP contribution in [0, 0.1) is 5.92 Å². The lowest BCUT2D eigenvalue weighted by Crippen LogP contribution is -2.54. The van der Waals surface area contributed by atoms with Crippen LogP contribution in [0.3, 0.4) is 0 Å². The first-order valence-electron chi connectivity index (χ1n) is 6.80. The average Bonchev–Trinajstić information content (AvgIpc) is 2.40. The quantitative estimate of drug-likeness (QED) is 0.799. The van der Waals surface area contributed by atoms with E-state index in [1.807, 2.05) is 26.0 Å². The van der Waals surface area contributed by atoms with E-state index in [1.54, 1.807) is 21.9 Å². The number of nitrogens with zero attached hydrogens (tertiary/aromatic N) is 2. The monoisotopic (exact) mass is 294 g/mol. The third-order valence-electron chi connectivity index (χ3n) is 3.27. The van der Waals surface area contributed by atoms with Gasteiger partial charge in [0.1, 0.15) is 0 Å². The summed E-state index contributed by atoms with van der Waals surface area (Å²) in [4.78, 5) is 27.4. The highest BCUT2D eigenvalue weighted by molar-refractivity contribution is 6.35. The molecule has 0 aliphatic carbocycles. The number of benzene rings is 1. The Bertz CT molecular complexity index is 499. The number of carbonyl (C=O) groups is 2. The van der Waals surface area contributed by atoms with E-state index in [0.717, 1.165) is 5.56 Å². The number of hydrogen-bond acceptors (Lipinski definition) is 2. The topological polar surface area (TPSA) is 40.6 Å². The van der Waals surface area contributed by atoms with Crippen LogP contribution in [0.1, 0.15) is 19.4 Å². The van der Waals surface area contributed by atoms with Gasteiger partial charge in [-0.3, -0.25) is 9.59 Å². The second-order valence-electron chi connectivity index (χ2n) is 5.50. The van der Waals surface area contributed by atoms with Crippen molar-refractivity contribution in [1.29, 1.82) is 0 Å². The van der Waals surface area contributed by atoms with Crippen LogP contribution in [0.2, 0.25) is 5.02 Å². The van der Waals surface area contributed by atoms with Crippen LogP contribution in [0.5, 0.6) is 0 Å². The Morgan fingerprint density at radius 3 is 2.20 bits per heavy atom. The molecule has 5 heteroatoms. The molecule has 1 heterocycles. The van der Waals surface area contributed by atoms with Crippen molar-refractivity contribution in [3.8, 4) is 0 Å². The number of carbonyl (C=O) groups excluding carboxylic acids is 2. The maximum atomic E-state index is 12.1. The second kappa shape index (κ2) is 6.27. The van der Waals surface area contributed by atoms with Crippen molar-refractivity contribution in [2.24, 2.45) is 5.92 Å². The van der Waals surface area contributed by atoms with Crippen molar-refractivity contribution in [2.75, 3.05) is 19.6 Å². The molecule has 1 aromatic carbocycles. The highest BCUT2D eigenvalue weighted by Gasteiger charge is 2.32. The molecule has 0 unspecified atom stereocenters. The Hall–Kier alpha value is -1.55. The summed E-state index contributed by atoms with van der Waals surface area (Å²) in [6.07, 6.45) is 0. The molecule has 0 aromatic heterocycles. The van der Waals surface area contributed by atoms with Gasteiger partial charge in [0, 0.05) is 31.2 Å². The Morgan fingerprint density at radius 2 is 1.60 bits per heavy atom. The lowest BCUT2D eigenvalue weighted by Gasteiger charge is -2.34. The van der Waals surface area contributed by atoms with Gasteiger partial charge in [-0.1, -0.05) is 37.6 Å². The van der Waals surface area contributed by atoms with Gasteiger partial charge in [-0.25, -0.2) is 0 Å². The molecule has 1 saturated heterocycles. The van der Waals surface area contributed by atoms with Crippen LogP contribution < -0.4 is 0 Å². The molecule has 0 radical (unpaired) electrons. The molecule has 1 aliphatic heterocycles. The van der Waals surface area contributed by atoms with Crippen molar-refractivity contribution < 1.29 is 9.59 Å². The standard InChI is InChI=1S/C15H19ClN2O2/c1-11(2)9-17-7-8-18(15(20)14(17)19)10-12-3-5-13(16)6-4-12/h3-6,11H,7-10H2,1-2H3. The number of halogens is 1. The molecule has 2 amide bonds. The van der Waals surface area contributed by atoms with E-state index in [9.17, 15) is 9.59 Å². The van der Waals surface area contributed by atoms with Gasteiger partial charge in [-0.05, 0) is 23.6 Å². The van der Waals surface area contributed by atoms with Crippen LogP contribution in [0.15, 0.2) is 24.3 Å². The van der Waals surface area contributed by atoms with E-state index >= 15 is 0 Å². The maximum Gasteiger partial charge on any atom is 0.312 e. The van der Waals surface area contributed by atoms with Crippen molar-refractivity contribution in [3.63, 3.8) is 0 Å². The summed E-state index contributed by atoms with van der Waals surface area (Å²) in [5, 5.41) is 0.665. The summed E-state index contributed by atoms with van der Waals surface area (Å²) < 4.78 is 0. The minimum atomic E-state index is -0.410. The fraction of sp³-hybridized carbons (Fsp3) is 0.467. The SMILES string of the molecule is CC(C)CN1CCN(Cc2ccc(Cl)cc2)C(=O)C1=O. The fourth-order valence-corrected chi connectivity index (χ4v) is 2.42. The molecule has 0 saturated carbocycles. The zero-order valence-corrected chi connectivity index (χ0v) is 12.6. The summed E-state index contributed by atoms with van der Waals surface area (Å²) in [7, 11) is 0. The molecule has 20 heavy (non-hydrogen) atoms. The molecule has 1 fully saturated rings. The van der Waals surface area contributed by atoms with Crippen molar-refractivity contribution in [3.05, 3.63) is 34.9 Å². The highest BCUT2D eigenvalue weighted by Crippen LogP contribution is 2.14. The minimum absolute atomic E-state index is 0.370. The summed E-state index contributed by atoms with van der Waals surface area (Å²) in [5.41, 5.74) is 0.979. The van der Waals surface area contributed by atoms with Crippen molar-refractivity contribution >= 4 is 23.4 Å². The van der Waals surface area contributed by atoms with E-state index in [-0.39, 0.29) is 5.91 Å². The molecule has 4 nitrogen and oxygen atoms in total. The van der Waals surface area contributed by atoms with E-state index in [4.69, 9.17) is 11.6 Å². The van der Waals surface area contributed by atoms with Gasteiger partial charge < -0.3 is 9.80 Å². The number of piperazine rings is 1. The second-order valence-corrected chi connectivity index (χ2v) is 5.93. The van der Waals surface area contributed by atoms with E-state index in [1.165, 1.54) is 0 Å². The molecule has 2 rings (SSSR count). The van der Waals surface area contributed by atoms with Gasteiger partial charge in [-0.2, -0.15) is 0 Å². The van der Waals surface area contributed by atoms with Gasteiger partial charge >= 0.3 is 11.8 Å². The summed E-state index contributed by atoms with van der Waals surface area (Å²) in [6, 6.07) is 7.33. The molecule has 108 valence electrons. The van der Waals surface area contributed by atoms with Crippen molar-refractivity contribution in [2.45, 2.75) is 20.4 Å². The molecule has 1 aliphatic rings. The smallest absolute Gasteiger partial charge is 0.312 e. The number of amides is 2. The minimum Gasteiger partial charge on any atom is -0.332 e. The average molecular weight is 295 g/mol. The zero-order chi connectivity index (χ0) is 14.7. The van der Waals surface area contributed by atoms with Crippen LogP contribution in [-0.2, 0) is 16.1 Å². The Morgan fingerprint density at radius 1 is 1.05 bits per heavy atom. The molecule has 0 atom stereocenters. The predicted molar refractivity (Wildman–Crippen MR) is 78.3 cm³/mol. The van der Waals surface area contributed by atoms with E-state index in [0.29, 0.717) is 37.1 Å². The number of hydrogen-bond donors (Lipinski definition) is 0. The van der Waals surface area contributed by atoms with Gasteiger partial charge in [0.05, 0.1) is 0 Å². The first kappa shape index (κ1) is 14.9. The third-order valence-corrected chi connectivity index (χ3v) is 3.52. The maximum absolute atomic E-state index is 12.1. The Kier molecular flexibility index (Phi) is 4.65. The lowest BCUT2D eigenvalue weighted by molar-refractivity contribution is -0.156. The third kappa shape index (κ3) is 3.51. The van der Waals surface area contributed by atoms with Gasteiger partial charge in [0.2, 0.25) is 0 Å². The van der Waals surface area contributed by atoms with E-state index in [2.05, 4.69) is 0 Å². The van der Waals surface area contributed by atoms with E-state index < -0.39 is 5.91 Å². The van der Waals surface area contributed by atoms with Gasteiger partial charge in [0.15, 0.2) is 0 Å². The van der Waals surface area contributed by atoms with Crippen LogP contribution in [0.25, 0.3) is 0 Å². The molecule has 0 bridgehead atoms. The molecule has 1 aromatic rings. The molecular weight excluding hydrogens is 276 g/mol. The summed E-state index contributed by atoms with van der Waals surface area (Å²) >= 11 is 5.83. The fourth-order valence-electron chi connectivity index (χ4n) is 2.29. The predicted octanol–water partition coefficient (Wildman–Crippen LogP) is 2.17. The van der Waals surface area contributed by atoms with Crippen LogP contribution in [0.4, 0.5) is 0 Å². The Labute approximate surface area is 124 Å². The molecule has 0 spiro atoms. The highest BCUT2D eigenvalue weighted by atomic mass is 35.5. The first-order valence-corrected chi connectivity index (χ1v) is 7.18. The summed E-state index contributed by atoms with van der Waals surface area (Å²) in [5.74, 6) is -0.430. The van der Waals surface area contributed by atoms with Crippen LogP contribution >= 0.6 is 11.6 Å². The number of rotatable bonds is 4. The normalized spacial score (nSPS) is 16.2. The molecular formula is C15H19ClN2O2. The largest absolute Gasteiger partial charge is 0.332 e. The van der Waals surface area contributed by atoms with Crippen molar-refractivity contribution in [1.82, 2.24) is 9.80 Å². The first-order chi connectivity index (χ1) is 9.47. The zero-order valence-electron chi connectivity index (χ0n) is 11.8. The molecule has 0 N–H and O–H groups in total. The van der Waals surface area contributed by atoms with Gasteiger partial charge in [0.25, 0.3) is 0 Å². The summed E-state index contributed by atoms with van der Waals surface area (Å²) in [6.45, 7) is 6.36. The lowest BCUT2D eigenvalue weighted by atomic mass is 10.1. The Balaban J connectivity index is 2.00. The van der Waals surface area contributed by atoms with Gasteiger partial charge in [-0.15, -0.1) is 0 Å². The van der Waals surface area contributed by atoms with Crippen LogP contribution in [-0.4, -0.2) is 41.2 Å².